The number of hydrogen-bond donors (Lipinski definition) is 4. The average Bonchev–Trinajstić information content (AvgIpc) is 3.18. The van der Waals surface area contributed by atoms with Crippen molar-refractivity contribution in [2.75, 3.05) is 17.2 Å². The number of nitrogens with one attached hydrogen (secondary N) is 4. The Balaban J connectivity index is 1.35. The van der Waals surface area contributed by atoms with Gasteiger partial charge in [0, 0.05) is 53.8 Å². The number of fused-ring (bicyclic) bond motifs is 1. The first-order chi connectivity index (χ1) is 15.4. The van der Waals surface area contributed by atoms with Crippen LogP contribution >= 0.6 is 0 Å². The highest BCUT2D eigenvalue weighted by Gasteiger charge is 2.23. The molecule has 0 aliphatic heterocycles. The molecule has 2 heterocycles. The monoisotopic (exact) mass is 427 g/mol. The van der Waals surface area contributed by atoms with Crippen LogP contribution in [0.3, 0.4) is 0 Å². The summed E-state index contributed by atoms with van der Waals surface area (Å²) in [5.74, 6) is -0.0806. The smallest absolute Gasteiger partial charge is 0.217 e. The van der Waals surface area contributed by atoms with Crippen molar-refractivity contribution >= 4 is 33.9 Å². The lowest BCUT2D eigenvalue weighted by Crippen LogP contribution is -2.40. The highest BCUT2D eigenvalue weighted by atomic mass is 16.1. The third-order valence-corrected chi connectivity index (χ3v) is 5.46. The SMILES string of the molecule is CC(=O)NC(C)(C)c1cc(Nc2ccc(NCCc3c[nH]c4ccccc34)cc2)ccn1. The number of H-pyrrole nitrogens is 1. The lowest BCUT2D eigenvalue weighted by Gasteiger charge is -2.25. The molecule has 4 aromatic rings. The van der Waals surface area contributed by atoms with Crippen LogP contribution in [0.2, 0.25) is 0 Å². The predicted molar refractivity (Wildman–Crippen MR) is 131 cm³/mol. The van der Waals surface area contributed by atoms with Crippen molar-refractivity contribution < 1.29 is 4.79 Å². The highest BCUT2D eigenvalue weighted by molar-refractivity contribution is 5.83. The Kier molecular flexibility index (Phi) is 6.12. The Labute approximate surface area is 188 Å². The zero-order chi connectivity index (χ0) is 22.6. The number of anilines is 3. The molecule has 0 unspecified atom stereocenters. The van der Waals surface area contributed by atoms with Crippen molar-refractivity contribution in [1.29, 1.82) is 0 Å². The topological polar surface area (TPSA) is 81.8 Å². The summed E-state index contributed by atoms with van der Waals surface area (Å²) in [6.45, 7) is 6.26. The molecular formula is C26H29N5O. The molecule has 0 spiro atoms. The molecule has 0 saturated carbocycles. The molecule has 0 saturated heterocycles. The molecule has 0 atom stereocenters. The number of nitrogens with zero attached hydrogens (tertiary/aromatic N) is 1. The second-order valence-electron chi connectivity index (χ2n) is 8.47. The van der Waals surface area contributed by atoms with E-state index in [0.29, 0.717) is 0 Å². The molecule has 2 aromatic carbocycles. The lowest BCUT2D eigenvalue weighted by molar-refractivity contribution is -0.120. The third-order valence-electron chi connectivity index (χ3n) is 5.46. The minimum atomic E-state index is -0.540. The third kappa shape index (κ3) is 5.09. The molecule has 4 N–H and O–H groups in total. The van der Waals surface area contributed by atoms with Crippen LogP contribution in [0.4, 0.5) is 17.1 Å². The maximum Gasteiger partial charge on any atom is 0.217 e. The normalized spacial score (nSPS) is 11.3. The number of aromatic nitrogens is 2. The van der Waals surface area contributed by atoms with Gasteiger partial charge in [0.25, 0.3) is 0 Å². The first kappa shape index (κ1) is 21.4. The Morgan fingerprint density at radius 2 is 1.75 bits per heavy atom. The fraction of sp³-hybridized carbons (Fsp3) is 0.231. The van der Waals surface area contributed by atoms with Gasteiger partial charge in [0.1, 0.15) is 0 Å². The van der Waals surface area contributed by atoms with E-state index in [1.807, 2.05) is 44.2 Å². The Hall–Kier alpha value is -3.80. The molecule has 2 aromatic heterocycles. The fourth-order valence-electron chi connectivity index (χ4n) is 3.87. The number of para-hydroxylation sites is 1. The fourth-order valence-corrected chi connectivity index (χ4v) is 3.87. The number of aromatic amines is 1. The molecule has 1 amide bonds. The van der Waals surface area contributed by atoms with Crippen LogP contribution in [0.25, 0.3) is 10.9 Å². The molecule has 6 nitrogen and oxygen atoms in total. The van der Waals surface area contributed by atoms with Gasteiger partial charge in [-0.15, -0.1) is 0 Å². The van der Waals surface area contributed by atoms with E-state index >= 15 is 0 Å². The largest absolute Gasteiger partial charge is 0.385 e. The van der Waals surface area contributed by atoms with Gasteiger partial charge in [0.2, 0.25) is 5.91 Å². The van der Waals surface area contributed by atoms with Gasteiger partial charge >= 0.3 is 0 Å². The van der Waals surface area contributed by atoms with Crippen molar-refractivity contribution in [3.8, 4) is 0 Å². The van der Waals surface area contributed by atoms with Gasteiger partial charge in [0.05, 0.1) is 11.2 Å². The van der Waals surface area contributed by atoms with Crippen molar-refractivity contribution in [3.05, 3.63) is 84.3 Å². The summed E-state index contributed by atoms with van der Waals surface area (Å²) in [6.07, 6.45) is 4.80. The number of carbonyl (C=O) groups is 1. The first-order valence-corrected chi connectivity index (χ1v) is 10.8. The molecule has 4 rings (SSSR count). The molecular weight excluding hydrogens is 398 g/mol. The molecule has 0 fully saturated rings. The van der Waals surface area contributed by atoms with Crippen LogP contribution in [-0.4, -0.2) is 22.4 Å². The summed E-state index contributed by atoms with van der Waals surface area (Å²) in [5.41, 5.74) is 5.75. The molecule has 0 aliphatic rings. The van der Waals surface area contributed by atoms with Crippen LogP contribution in [0.1, 0.15) is 32.0 Å². The van der Waals surface area contributed by atoms with Crippen molar-refractivity contribution in [2.45, 2.75) is 32.7 Å². The molecule has 0 radical (unpaired) electrons. The van der Waals surface area contributed by atoms with E-state index in [-0.39, 0.29) is 5.91 Å². The zero-order valence-electron chi connectivity index (χ0n) is 18.7. The van der Waals surface area contributed by atoms with E-state index in [1.165, 1.54) is 23.4 Å². The minimum absolute atomic E-state index is 0.0806. The van der Waals surface area contributed by atoms with E-state index in [1.54, 1.807) is 6.20 Å². The van der Waals surface area contributed by atoms with Gasteiger partial charge in [-0.3, -0.25) is 9.78 Å². The summed E-state index contributed by atoms with van der Waals surface area (Å²) < 4.78 is 0. The van der Waals surface area contributed by atoms with Crippen LogP contribution in [0, 0.1) is 0 Å². The second-order valence-corrected chi connectivity index (χ2v) is 8.47. The van der Waals surface area contributed by atoms with Crippen LogP contribution in [0.15, 0.2) is 73.1 Å². The van der Waals surface area contributed by atoms with Gasteiger partial charge in [-0.1, -0.05) is 18.2 Å². The van der Waals surface area contributed by atoms with Crippen molar-refractivity contribution in [1.82, 2.24) is 15.3 Å². The van der Waals surface area contributed by atoms with E-state index in [9.17, 15) is 4.79 Å². The van der Waals surface area contributed by atoms with E-state index in [4.69, 9.17) is 0 Å². The zero-order valence-corrected chi connectivity index (χ0v) is 18.7. The summed E-state index contributed by atoms with van der Waals surface area (Å²) >= 11 is 0. The van der Waals surface area contributed by atoms with E-state index in [0.717, 1.165) is 35.7 Å². The summed E-state index contributed by atoms with van der Waals surface area (Å²) in [4.78, 5) is 19.2. The van der Waals surface area contributed by atoms with Crippen molar-refractivity contribution in [3.63, 3.8) is 0 Å². The number of benzene rings is 2. The number of pyridine rings is 1. The van der Waals surface area contributed by atoms with Gasteiger partial charge in [-0.25, -0.2) is 0 Å². The molecule has 164 valence electrons. The standard InChI is InChI=1S/C26H29N5O/c1-18(32)31-26(2,3)25-16-22(13-15-28-25)30-21-10-8-20(9-11-21)27-14-12-19-17-29-24-7-5-4-6-23(19)24/h4-11,13,15-17,27,29H,12,14H2,1-3H3,(H,28,30)(H,31,32). The maximum absolute atomic E-state index is 11.5. The minimum Gasteiger partial charge on any atom is -0.385 e. The van der Waals surface area contributed by atoms with Crippen molar-refractivity contribution in [2.24, 2.45) is 0 Å². The molecule has 32 heavy (non-hydrogen) atoms. The first-order valence-electron chi connectivity index (χ1n) is 10.8. The number of carbonyl (C=O) groups excluding carboxylic acids is 1. The van der Waals surface area contributed by atoms with Gasteiger partial charge in [0.15, 0.2) is 0 Å². The summed E-state index contributed by atoms with van der Waals surface area (Å²) in [7, 11) is 0. The highest BCUT2D eigenvalue weighted by Crippen LogP contribution is 2.24. The Morgan fingerprint density at radius 3 is 2.53 bits per heavy atom. The second kappa shape index (κ2) is 9.14. The number of amides is 1. The lowest BCUT2D eigenvalue weighted by atomic mass is 9.99. The average molecular weight is 428 g/mol. The van der Waals surface area contributed by atoms with Gasteiger partial charge in [-0.05, 0) is 68.3 Å². The Bertz CT molecular complexity index is 1210. The van der Waals surface area contributed by atoms with E-state index < -0.39 is 5.54 Å². The summed E-state index contributed by atoms with van der Waals surface area (Å²) in [5, 5.41) is 11.1. The predicted octanol–water partition coefficient (Wildman–Crippen LogP) is 5.33. The molecule has 0 aliphatic carbocycles. The maximum atomic E-state index is 11.5. The molecule has 6 heteroatoms. The molecule has 0 bridgehead atoms. The van der Waals surface area contributed by atoms with Gasteiger partial charge < -0.3 is 20.9 Å². The van der Waals surface area contributed by atoms with Crippen LogP contribution in [-0.2, 0) is 16.8 Å². The van der Waals surface area contributed by atoms with E-state index in [2.05, 4.69) is 62.4 Å². The van der Waals surface area contributed by atoms with Gasteiger partial charge in [-0.2, -0.15) is 0 Å². The number of hydrogen-bond acceptors (Lipinski definition) is 4. The quantitative estimate of drug-likeness (QED) is 0.306. The summed E-state index contributed by atoms with van der Waals surface area (Å²) in [6, 6.07) is 20.5. The Morgan fingerprint density at radius 1 is 1.00 bits per heavy atom. The number of rotatable bonds is 8. The van der Waals surface area contributed by atoms with Crippen LogP contribution < -0.4 is 16.0 Å². The van der Waals surface area contributed by atoms with Crippen LogP contribution in [0.5, 0.6) is 0 Å².